The molecular weight excluding hydrogens is 148 g/mol. The van der Waals surface area contributed by atoms with Crippen LogP contribution in [0.25, 0.3) is 0 Å². The summed E-state index contributed by atoms with van der Waals surface area (Å²) in [5, 5.41) is 6.88. The molecule has 0 unspecified atom stereocenters. The van der Waals surface area contributed by atoms with Crippen LogP contribution < -0.4 is 10.6 Å². The highest BCUT2D eigenvalue weighted by Crippen LogP contribution is 1.96. The molecule has 74 valence electrons. The van der Waals surface area contributed by atoms with Gasteiger partial charge in [-0.2, -0.15) is 0 Å². The molecule has 2 heteroatoms. The second-order valence-corrected chi connectivity index (χ2v) is 4.44. The van der Waals surface area contributed by atoms with Crippen LogP contribution >= 0.6 is 0 Å². The van der Waals surface area contributed by atoms with Crippen LogP contribution in [0.1, 0.15) is 41.0 Å². The second kappa shape index (κ2) is 5.55. The van der Waals surface area contributed by atoms with Gasteiger partial charge in [-0.1, -0.05) is 6.92 Å². The zero-order valence-electron chi connectivity index (χ0n) is 9.20. The lowest BCUT2D eigenvalue weighted by Crippen LogP contribution is -2.41. The van der Waals surface area contributed by atoms with Crippen molar-refractivity contribution in [2.24, 2.45) is 0 Å². The summed E-state index contributed by atoms with van der Waals surface area (Å²) in [4.78, 5) is 0. The minimum atomic E-state index is 0.247. The summed E-state index contributed by atoms with van der Waals surface area (Å²) in [5.41, 5.74) is 0.247. The minimum absolute atomic E-state index is 0.247. The van der Waals surface area contributed by atoms with E-state index in [9.17, 15) is 0 Å². The lowest BCUT2D eigenvalue weighted by Gasteiger charge is -2.21. The third-order valence-electron chi connectivity index (χ3n) is 1.89. The summed E-state index contributed by atoms with van der Waals surface area (Å²) in [6, 6.07) is 0.645. The fourth-order valence-electron chi connectivity index (χ4n) is 0.900. The van der Waals surface area contributed by atoms with Crippen LogP contribution in [0, 0.1) is 0 Å². The molecule has 0 aromatic heterocycles. The van der Waals surface area contributed by atoms with E-state index in [4.69, 9.17) is 0 Å². The molecule has 0 aromatic carbocycles. The van der Waals surface area contributed by atoms with Gasteiger partial charge in [0, 0.05) is 24.7 Å². The molecule has 2 nitrogen and oxygen atoms in total. The maximum absolute atomic E-state index is 3.44. The monoisotopic (exact) mass is 172 g/mol. The van der Waals surface area contributed by atoms with E-state index >= 15 is 0 Å². The second-order valence-electron chi connectivity index (χ2n) is 4.44. The molecule has 0 rings (SSSR count). The highest BCUT2D eigenvalue weighted by Gasteiger charge is 2.07. The van der Waals surface area contributed by atoms with Crippen LogP contribution in [0.15, 0.2) is 0 Å². The first-order valence-corrected chi connectivity index (χ1v) is 4.94. The largest absolute Gasteiger partial charge is 0.313 e. The van der Waals surface area contributed by atoms with Gasteiger partial charge < -0.3 is 10.6 Å². The molecule has 0 radical (unpaired) electrons. The van der Waals surface area contributed by atoms with Crippen molar-refractivity contribution < 1.29 is 0 Å². The molecule has 0 bridgehead atoms. The van der Waals surface area contributed by atoms with Crippen LogP contribution in [-0.4, -0.2) is 24.7 Å². The Balaban J connectivity index is 3.22. The van der Waals surface area contributed by atoms with Gasteiger partial charge in [-0.25, -0.2) is 0 Å². The molecule has 0 fully saturated rings. The van der Waals surface area contributed by atoms with E-state index in [0.29, 0.717) is 6.04 Å². The predicted molar refractivity (Wildman–Crippen MR) is 55.5 cm³/mol. The molecule has 0 aromatic rings. The van der Waals surface area contributed by atoms with E-state index in [1.807, 2.05) is 0 Å². The maximum Gasteiger partial charge on any atom is 0.00970 e. The van der Waals surface area contributed by atoms with Gasteiger partial charge in [-0.05, 0) is 34.1 Å². The van der Waals surface area contributed by atoms with Crippen molar-refractivity contribution in [3.05, 3.63) is 0 Å². The van der Waals surface area contributed by atoms with Gasteiger partial charge in [0.15, 0.2) is 0 Å². The van der Waals surface area contributed by atoms with Gasteiger partial charge in [-0.3, -0.25) is 0 Å². The molecule has 0 amide bonds. The van der Waals surface area contributed by atoms with Crippen molar-refractivity contribution in [2.75, 3.05) is 13.1 Å². The standard InChI is InChI=1S/C10H24N2/c1-6-9(2)11-7-8-12-10(3,4)5/h9,11-12H,6-8H2,1-5H3/t9-/m1/s1. The van der Waals surface area contributed by atoms with E-state index in [0.717, 1.165) is 13.1 Å². The Morgan fingerprint density at radius 1 is 1.17 bits per heavy atom. The van der Waals surface area contributed by atoms with Crippen molar-refractivity contribution >= 4 is 0 Å². The summed E-state index contributed by atoms with van der Waals surface area (Å²) in [5.74, 6) is 0. The van der Waals surface area contributed by atoms with E-state index in [1.54, 1.807) is 0 Å². The Bertz CT molecular complexity index is 105. The molecule has 0 aliphatic carbocycles. The lowest BCUT2D eigenvalue weighted by atomic mass is 10.1. The normalized spacial score (nSPS) is 14.8. The van der Waals surface area contributed by atoms with E-state index < -0.39 is 0 Å². The number of rotatable bonds is 5. The first-order chi connectivity index (χ1) is 5.45. The van der Waals surface area contributed by atoms with Crippen molar-refractivity contribution in [1.29, 1.82) is 0 Å². The number of hydrogen-bond donors (Lipinski definition) is 2. The molecule has 0 aliphatic heterocycles. The van der Waals surface area contributed by atoms with E-state index in [-0.39, 0.29) is 5.54 Å². The summed E-state index contributed by atoms with van der Waals surface area (Å²) in [6.07, 6.45) is 1.20. The quantitative estimate of drug-likeness (QED) is 0.618. The van der Waals surface area contributed by atoms with Crippen LogP contribution in [0.2, 0.25) is 0 Å². The third kappa shape index (κ3) is 8.02. The van der Waals surface area contributed by atoms with Crippen LogP contribution in [0.5, 0.6) is 0 Å². The lowest BCUT2D eigenvalue weighted by molar-refractivity contribution is 0.411. The summed E-state index contributed by atoms with van der Waals surface area (Å²) >= 11 is 0. The molecular formula is C10H24N2. The Morgan fingerprint density at radius 2 is 1.75 bits per heavy atom. The fraction of sp³-hybridized carbons (Fsp3) is 1.00. The Kier molecular flexibility index (Phi) is 5.51. The molecule has 0 spiro atoms. The first-order valence-electron chi connectivity index (χ1n) is 4.94. The van der Waals surface area contributed by atoms with Crippen molar-refractivity contribution in [2.45, 2.75) is 52.6 Å². The highest BCUT2D eigenvalue weighted by atomic mass is 15.0. The van der Waals surface area contributed by atoms with Gasteiger partial charge >= 0.3 is 0 Å². The summed E-state index contributed by atoms with van der Waals surface area (Å²) in [6.45, 7) is 13.1. The van der Waals surface area contributed by atoms with Crippen LogP contribution in [0.3, 0.4) is 0 Å². The van der Waals surface area contributed by atoms with Gasteiger partial charge in [0.1, 0.15) is 0 Å². The molecule has 0 saturated carbocycles. The van der Waals surface area contributed by atoms with Crippen molar-refractivity contribution in [3.63, 3.8) is 0 Å². The van der Waals surface area contributed by atoms with Crippen molar-refractivity contribution in [3.8, 4) is 0 Å². The van der Waals surface area contributed by atoms with Crippen LogP contribution in [0.4, 0.5) is 0 Å². The van der Waals surface area contributed by atoms with Gasteiger partial charge in [-0.15, -0.1) is 0 Å². The first kappa shape index (κ1) is 11.9. The molecule has 0 heterocycles. The zero-order chi connectivity index (χ0) is 9.61. The number of hydrogen-bond acceptors (Lipinski definition) is 2. The zero-order valence-corrected chi connectivity index (χ0v) is 9.20. The average molecular weight is 172 g/mol. The summed E-state index contributed by atoms with van der Waals surface area (Å²) in [7, 11) is 0. The highest BCUT2D eigenvalue weighted by molar-refractivity contribution is 4.71. The SMILES string of the molecule is CC[C@@H](C)NCCNC(C)(C)C. The smallest absolute Gasteiger partial charge is 0.00970 e. The molecule has 12 heavy (non-hydrogen) atoms. The minimum Gasteiger partial charge on any atom is -0.313 e. The molecule has 0 saturated heterocycles. The molecule has 0 aliphatic rings. The Hall–Kier alpha value is -0.0800. The van der Waals surface area contributed by atoms with Gasteiger partial charge in [0.2, 0.25) is 0 Å². The van der Waals surface area contributed by atoms with Crippen LogP contribution in [-0.2, 0) is 0 Å². The van der Waals surface area contributed by atoms with Crippen molar-refractivity contribution in [1.82, 2.24) is 10.6 Å². The number of nitrogens with one attached hydrogen (secondary N) is 2. The topological polar surface area (TPSA) is 24.1 Å². The summed E-state index contributed by atoms with van der Waals surface area (Å²) < 4.78 is 0. The van der Waals surface area contributed by atoms with E-state index in [1.165, 1.54) is 6.42 Å². The Morgan fingerprint density at radius 3 is 2.17 bits per heavy atom. The predicted octanol–water partition coefficient (Wildman–Crippen LogP) is 1.76. The molecule has 2 N–H and O–H groups in total. The molecule has 1 atom stereocenters. The Labute approximate surface area is 77.1 Å². The van der Waals surface area contributed by atoms with Gasteiger partial charge in [0.05, 0.1) is 0 Å². The fourth-order valence-corrected chi connectivity index (χ4v) is 0.900. The average Bonchev–Trinajstić information content (AvgIpc) is 1.96. The third-order valence-corrected chi connectivity index (χ3v) is 1.89. The van der Waals surface area contributed by atoms with E-state index in [2.05, 4.69) is 45.3 Å². The van der Waals surface area contributed by atoms with Gasteiger partial charge in [0.25, 0.3) is 0 Å². The maximum atomic E-state index is 3.44.